The summed E-state index contributed by atoms with van der Waals surface area (Å²) < 4.78 is 1.68. The zero-order valence-electron chi connectivity index (χ0n) is 11.7. The third-order valence-electron chi connectivity index (χ3n) is 4.09. The van der Waals surface area contributed by atoms with Crippen molar-refractivity contribution in [3.8, 4) is 5.69 Å². The maximum absolute atomic E-state index is 5.97. The summed E-state index contributed by atoms with van der Waals surface area (Å²) >= 11 is 0. The number of aromatic nitrogens is 4. The molecular weight excluding hydrogens is 252 g/mol. The normalized spacial score (nSPS) is 19.1. The highest BCUT2D eigenvalue weighted by Gasteiger charge is 2.21. The van der Waals surface area contributed by atoms with E-state index in [-0.39, 0.29) is 0 Å². The van der Waals surface area contributed by atoms with E-state index in [1.807, 2.05) is 6.07 Å². The first kappa shape index (κ1) is 13.2. The van der Waals surface area contributed by atoms with E-state index in [2.05, 4.69) is 45.5 Å². The van der Waals surface area contributed by atoms with Crippen molar-refractivity contribution in [1.82, 2.24) is 25.1 Å². The Balaban J connectivity index is 1.78. The molecule has 1 aromatic heterocycles. The fraction of sp³-hybridized carbons (Fsp3) is 0.500. The lowest BCUT2D eigenvalue weighted by Crippen LogP contribution is -2.40. The van der Waals surface area contributed by atoms with E-state index in [4.69, 9.17) is 5.73 Å². The van der Waals surface area contributed by atoms with Crippen molar-refractivity contribution in [3.63, 3.8) is 0 Å². The third-order valence-corrected chi connectivity index (χ3v) is 4.09. The Kier molecular flexibility index (Phi) is 3.75. The minimum Gasteiger partial charge on any atom is -0.328 e. The molecule has 2 N–H and O–H groups in total. The molecule has 1 aliphatic rings. The van der Waals surface area contributed by atoms with Crippen LogP contribution in [0.4, 0.5) is 0 Å². The van der Waals surface area contributed by atoms with Gasteiger partial charge in [0.15, 0.2) is 0 Å². The summed E-state index contributed by atoms with van der Waals surface area (Å²) in [6, 6.07) is 9.13. The topological polar surface area (TPSA) is 72.9 Å². The lowest BCUT2D eigenvalue weighted by Gasteiger charge is -2.35. The number of tetrazole rings is 1. The number of hydrogen-bond donors (Lipinski definition) is 1. The molecule has 0 spiro atoms. The molecule has 2 heterocycles. The van der Waals surface area contributed by atoms with Crippen LogP contribution in [0.1, 0.15) is 31.4 Å². The molecule has 6 heteroatoms. The summed E-state index contributed by atoms with van der Waals surface area (Å²) in [5.41, 5.74) is 8.25. The molecule has 0 amide bonds. The number of benzene rings is 1. The molecule has 6 nitrogen and oxygen atoms in total. The summed E-state index contributed by atoms with van der Waals surface area (Å²) in [4.78, 5) is 2.49. The molecule has 1 saturated heterocycles. The zero-order valence-corrected chi connectivity index (χ0v) is 11.7. The van der Waals surface area contributed by atoms with Gasteiger partial charge in [0.25, 0.3) is 0 Å². The van der Waals surface area contributed by atoms with E-state index in [0.717, 1.165) is 31.6 Å². The Bertz CT molecular complexity index is 545. The van der Waals surface area contributed by atoms with Crippen LogP contribution >= 0.6 is 0 Å². The van der Waals surface area contributed by atoms with Crippen molar-refractivity contribution in [1.29, 1.82) is 0 Å². The minimum absolute atomic E-state index is 0.367. The quantitative estimate of drug-likeness (QED) is 0.907. The van der Waals surface area contributed by atoms with Gasteiger partial charge in [-0.1, -0.05) is 12.1 Å². The van der Waals surface area contributed by atoms with Gasteiger partial charge in [0, 0.05) is 25.2 Å². The second-order valence-electron chi connectivity index (χ2n) is 5.40. The molecule has 0 aliphatic carbocycles. The third kappa shape index (κ3) is 2.71. The van der Waals surface area contributed by atoms with Crippen molar-refractivity contribution >= 4 is 0 Å². The van der Waals surface area contributed by atoms with Crippen LogP contribution < -0.4 is 5.73 Å². The van der Waals surface area contributed by atoms with Crippen molar-refractivity contribution in [2.75, 3.05) is 13.1 Å². The number of hydrogen-bond acceptors (Lipinski definition) is 5. The smallest absolute Gasteiger partial charge is 0.143 e. The molecule has 3 rings (SSSR count). The molecule has 20 heavy (non-hydrogen) atoms. The van der Waals surface area contributed by atoms with Crippen LogP contribution in [-0.4, -0.2) is 44.2 Å². The van der Waals surface area contributed by atoms with Gasteiger partial charge < -0.3 is 5.73 Å². The van der Waals surface area contributed by atoms with E-state index in [1.165, 1.54) is 5.56 Å². The van der Waals surface area contributed by atoms with Gasteiger partial charge >= 0.3 is 0 Å². The first-order valence-corrected chi connectivity index (χ1v) is 7.07. The van der Waals surface area contributed by atoms with Gasteiger partial charge in [0.05, 0.1) is 5.69 Å². The summed E-state index contributed by atoms with van der Waals surface area (Å²) in [5, 5.41) is 11.3. The number of piperidine rings is 1. The second kappa shape index (κ2) is 5.68. The van der Waals surface area contributed by atoms with E-state index < -0.39 is 0 Å². The average Bonchev–Trinajstić information content (AvgIpc) is 3.02. The Labute approximate surface area is 118 Å². The number of nitrogens with zero attached hydrogens (tertiary/aromatic N) is 5. The molecule has 0 bridgehead atoms. The van der Waals surface area contributed by atoms with E-state index >= 15 is 0 Å². The largest absolute Gasteiger partial charge is 0.328 e. The highest BCUT2D eigenvalue weighted by molar-refractivity contribution is 5.35. The van der Waals surface area contributed by atoms with Crippen LogP contribution in [0.3, 0.4) is 0 Å². The first-order chi connectivity index (χ1) is 9.74. The van der Waals surface area contributed by atoms with E-state index in [1.54, 1.807) is 11.0 Å². The molecule has 106 valence electrons. The predicted molar refractivity (Wildman–Crippen MR) is 76.4 cm³/mol. The van der Waals surface area contributed by atoms with Gasteiger partial charge in [-0.05, 0) is 47.9 Å². The van der Waals surface area contributed by atoms with Gasteiger partial charge in [-0.2, -0.15) is 0 Å². The van der Waals surface area contributed by atoms with Crippen molar-refractivity contribution < 1.29 is 0 Å². The van der Waals surface area contributed by atoms with E-state index in [0.29, 0.717) is 12.1 Å². The van der Waals surface area contributed by atoms with Crippen LogP contribution in [0, 0.1) is 0 Å². The Morgan fingerprint density at radius 3 is 2.80 bits per heavy atom. The predicted octanol–water partition coefficient (Wildman–Crippen LogP) is 1.15. The average molecular weight is 272 g/mol. The molecule has 1 aromatic carbocycles. The fourth-order valence-electron chi connectivity index (χ4n) is 2.72. The molecule has 1 fully saturated rings. The van der Waals surface area contributed by atoms with Crippen molar-refractivity contribution in [3.05, 3.63) is 36.2 Å². The maximum Gasteiger partial charge on any atom is 0.143 e. The van der Waals surface area contributed by atoms with Crippen LogP contribution in [-0.2, 0) is 0 Å². The highest BCUT2D eigenvalue weighted by atomic mass is 15.5. The Morgan fingerprint density at radius 2 is 2.10 bits per heavy atom. The van der Waals surface area contributed by atoms with Gasteiger partial charge in [0.1, 0.15) is 6.33 Å². The molecule has 1 aliphatic heterocycles. The van der Waals surface area contributed by atoms with Gasteiger partial charge in [-0.3, -0.25) is 4.90 Å². The van der Waals surface area contributed by atoms with Crippen LogP contribution in [0.15, 0.2) is 30.6 Å². The van der Waals surface area contributed by atoms with Crippen LogP contribution in [0.5, 0.6) is 0 Å². The van der Waals surface area contributed by atoms with Gasteiger partial charge in [0.2, 0.25) is 0 Å². The monoisotopic (exact) mass is 272 g/mol. The lowest BCUT2D eigenvalue weighted by atomic mass is 10.0. The van der Waals surface area contributed by atoms with Gasteiger partial charge in [-0.15, -0.1) is 5.10 Å². The molecular formula is C14H20N6. The summed E-state index contributed by atoms with van der Waals surface area (Å²) in [5.74, 6) is 0. The summed E-state index contributed by atoms with van der Waals surface area (Å²) in [7, 11) is 0. The van der Waals surface area contributed by atoms with Crippen molar-refractivity contribution in [2.45, 2.75) is 31.8 Å². The molecule has 1 unspecified atom stereocenters. The fourth-order valence-corrected chi connectivity index (χ4v) is 2.72. The second-order valence-corrected chi connectivity index (χ2v) is 5.40. The minimum atomic E-state index is 0.367. The lowest BCUT2D eigenvalue weighted by molar-refractivity contribution is 0.163. The van der Waals surface area contributed by atoms with Crippen LogP contribution in [0.2, 0.25) is 0 Å². The summed E-state index contributed by atoms with van der Waals surface area (Å²) in [6.07, 6.45) is 3.78. The first-order valence-electron chi connectivity index (χ1n) is 7.07. The molecule has 2 aromatic rings. The highest BCUT2D eigenvalue weighted by Crippen LogP contribution is 2.25. The maximum atomic E-state index is 5.97. The Morgan fingerprint density at radius 1 is 1.30 bits per heavy atom. The molecule has 0 saturated carbocycles. The Hall–Kier alpha value is -1.79. The summed E-state index contributed by atoms with van der Waals surface area (Å²) in [6.45, 7) is 4.38. The number of rotatable bonds is 3. The molecule has 1 atom stereocenters. The number of likely N-dealkylation sites (tertiary alicyclic amines) is 1. The zero-order chi connectivity index (χ0) is 13.9. The van der Waals surface area contributed by atoms with Gasteiger partial charge in [-0.25, -0.2) is 4.68 Å². The van der Waals surface area contributed by atoms with Crippen LogP contribution in [0.25, 0.3) is 5.69 Å². The van der Waals surface area contributed by atoms with Crippen molar-refractivity contribution in [2.24, 2.45) is 5.73 Å². The van der Waals surface area contributed by atoms with E-state index in [9.17, 15) is 0 Å². The SMILES string of the molecule is CC(c1cccc(-n2cnnn2)c1)N1CCC(N)CC1. The standard InChI is InChI=1S/C14H20N6/c1-11(19-7-5-13(15)6-8-19)12-3-2-4-14(9-12)20-10-16-17-18-20/h2-4,9-11,13H,5-8,15H2,1H3. The molecule has 0 radical (unpaired) electrons. The number of nitrogens with two attached hydrogens (primary N) is 1.